The van der Waals surface area contributed by atoms with E-state index in [1.165, 1.54) is 4.90 Å². The summed E-state index contributed by atoms with van der Waals surface area (Å²) >= 11 is 3.37. The van der Waals surface area contributed by atoms with Crippen LogP contribution in [0, 0.1) is 0 Å². The molecule has 0 heterocycles. The van der Waals surface area contributed by atoms with Gasteiger partial charge in [-0.3, -0.25) is 0 Å². The lowest BCUT2D eigenvalue weighted by molar-refractivity contribution is -0.140. The first-order valence-electron chi connectivity index (χ1n) is 5.54. The van der Waals surface area contributed by atoms with Crippen LogP contribution in [0.2, 0.25) is 0 Å². The molecule has 1 rings (SSSR count). The van der Waals surface area contributed by atoms with Gasteiger partial charge in [0, 0.05) is 18.1 Å². The molecule has 0 aliphatic heterocycles. The van der Waals surface area contributed by atoms with E-state index < -0.39 is 24.6 Å². The fourth-order valence-electron chi connectivity index (χ4n) is 1.40. The van der Waals surface area contributed by atoms with Gasteiger partial charge in [0.15, 0.2) is 6.04 Å². The summed E-state index contributed by atoms with van der Waals surface area (Å²) in [6, 6.07) is 5.56. The van der Waals surface area contributed by atoms with E-state index in [0.717, 1.165) is 10.0 Å². The molecular formula is C12H15BrN2O4. The second-order valence-corrected chi connectivity index (χ2v) is 4.82. The van der Waals surface area contributed by atoms with Crippen molar-refractivity contribution in [3.05, 3.63) is 34.3 Å². The zero-order chi connectivity index (χ0) is 14.4. The quantitative estimate of drug-likeness (QED) is 0.752. The molecule has 1 aromatic carbocycles. The van der Waals surface area contributed by atoms with Gasteiger partial charge in [0.2, 0.25) is 0 Å². The van der Waals surface area contributed by atoms with Gasteiger partial charge in [0.1, 0.15) is 0 Å². The van der Waals surface area contributed by atoms with Crippen LogP contribution in [0.1, 0.15) is 5.56 Å². The summed E-state index contributed by atoms with van der Waals surface area (Å²) in [6.45, 7) is -0.324. The first-order valence-corrected chi connectivity index (χ1v) is 6.33. The minimum absolute atomic E-state index is 0.324. The zero-order valence-electron chi connectivity index (χ0n) is 10.3. The van der Waals surface area contributed by atoms with Crippen LogP contribution >= 0.6 is 15.9 Å². The van der Waals surface area contributed by atoms with Crippen LogP contribution in [0.3, 0.4) is 0 Å². The zero-order valence-corrected chi connectivity index (χ0v) is 11.9. The van der Waals surface area contributed by atoms with Crippen LogP contribution in [-0.2, 0) is 11.3 Å². The molecule has 0 aromatic heterocycles. The molecule has 0 spiro atoms. The number of benzene rings is 1. The number of carboxylic acid groups (broad SMARTS) is 1. The Morgan fingerprint density at radius 1 is 1.42 bits per heavy atom. The molecule has 2 amide bonds. The lowest BCUT2D eigenvalue weighted by Crippen LogP contribution is -2.48. The third-order valence-electron chi connectivity index (χ3n) is 2.49. The highest BCUT2D eigenvalue weighted by molar-refractivity contribution is 9.10. The Kier molecular flexibility index (Phi) is 5.78. The minimum atomic E-state index is -1.30. The van der Waals surface area contributed by atoms with E-state index in [-0.39, 0.29) is 0 Å². The Morgan fingerprint density at radius 2 is 2.05 bits per heavy atom. The number of aliphatic hydroxyl groups is 1. The van der Waals surface area contributed by atoms with Crippen molar-refractivity contribution in [1.29, 1.82) is 0 Å². The van der Waals surface area contributed by atoms with Crippen LogP contribution in [0.5, 0.6) is 0 Å². The molecular weight excluding hydrogens is 316 g/mol. The first kappa shape index (κ1) is 15.5. The molecule has 1 aromatic rings. The molecule has 0 fully saturated rings. The SMILES string of the molecule is CN(Cc1ccccc1Br)C(=O)N[C@H](CO)C(=O)O. The molecule has 6 nitrogen and oxygen atoms in total. The summed E-state index contributed by atoms with van der Waals surface area (Å²) < 4.78 is 0.867. The summed E-state index contributed by atoms with van der Waals surface area (Å²) in [5, 5.41) is 19.8. The summed E-state index contributed by atoms with van der Waals surface area (Å²) in [5.41, 5.74) is 0.899. The third-order valence-corrected chi connectivity index (χ3v) is 3.26. The maximum Gasteiger partial charge on any atom is 0.328 e. The molecule has 19 heavy (non-hydrogen) atoms. The lowest BCUT2D eigenvalue weighted by Gasteiger charge is -2.21. The van der Waals surface area contributed by atoms with Crippen LogP contribution < -0.4 is 5.32 Å². The van der Waals surface area contributed by atoms with Crippen molar-refractivity contribution in [3.63, 3.8) is 0 Å². The van der Waals surface area contributed by atoms with Crippen molar-refractivity contribution in [2.75, 3.05) is 13.7 Å². The molecule has 0 radical (unpaired) electrons. The third kappa shape index (κ3) is 4.53. The van der Waals surface area contributed by atoms with Gasteiger partial charge in [-0.25, -0.2) is 9.59 Å². The van der Waals surface area contributed by atoms with Gasteiger partial charge in [-0.05, 0) is 11.6 Å². The molecule has 0 aliphatic carbocycles. The summed E-state index contributed by atoms with van der Waals surface area (Å²) in [5.74, 6) is -1.27. The molecule has 0 saturated heterocycles. The first-order chi connectivity index (χ1) is 8.95. The standard InChI is InChI=1S/C12H15BrN2O4/c1-15(6-8-4-2-3-5-9(8)13)12(19)14-10(7-16)11(17)18/h2-5,10,16H,6-7H2,1H3,(H,14,19)(H,17,18)/t10-/m1/s1. The van der Waals surface area contributed by atoms with Crippen molar-refractivity contribution in [3.8, 4) is 0 Å². The monoisotopic (exact) mass is 330 g/mol. The molecule has 7 heteroatoms. The number of nitrogens with zero attached hydrogens (tertiary/aromatic N) is 1. The van der Waals surface area contributed by atoms with Gasteiger partial charge in [-0.2, -0.15) is 0 Å². The number of aliphatic hydroxyl groups excluding tert-OH is 1. The van der Waals surface area contributed by atoms with E-state index in [1.54, 1.807) is 7.05 Å². The Morgan fingerprint density at radius 3 is 2.58 bits per heavy atom. The smallest absolute Gasteiger partial charge is 0.328 e. The van der Waals surface area contributed by atoms with E-state index in [1.807, 2.05) is 24.3 Å². The fraction of sp³-hybridized carbons (Fsp3) is 0.333. The number of halogens is 1. The average molecular weight is 331 g/mol. The van der Waals surface area contributed by atoms with E-state index in [9.17, 15) is 9.59 Å². The van der Waals surface area contributed by atoms with Crippen molar-refractivity contribution < 1.29 is 19.8 Å². The highest BCUT2D eigenvalue weighted by atomic mass is 79.9. The number of hydrogen-bond acceptors (Lipinski definition) is 3. The van der Waals surface area contributed by atoms with Crippen LogP contribution in [0.25, 0.3) is 0 Å². The van der Waals surface area contributed by atoms with E-state index in [0.29, 0.717) is 6.54 Å². The minimum Gasteiger partial charge on any atom is -0.480 e. The topological polar surface area (TPSA) is 89.9 Å². The van der Waals surface area contributed by atoms with Crippen LogP contribution in [0.4, 0.5) is 4.79 Å². The number of aliphatic carboxylic acids is 1. The fourth-order valence-corrected chi connectivity index (χ4v) is 1.81. The van der Waals surface area contributed by atoms with Crippen molar-refractivity contribution in [1.82, 2.24) is 10.2 Å². The summed E-state index contributed by atoms with van der Waals surface area (Å²) in [7, 11) is 1.55. The Hall–Kier alpha value is -1.60. The van der Waals surface area contributed by atoms with Crippen molar-refractivity contribution >= 4 is 27.9 Å². The number of carboxylic acids is 1. The largest absolute Gasteiger partial charge is 0.480 e. The van der Waals surface area contributed by atoms with E-state index >= 15 is 0 Å². The number of carbonyl (C=O) groups excluding carboxylic acids is 1. The molecule has 1 atom stereocenters. The van der Waals surface area contributed by atoms with Crippen molar-refractivity contribution in [2.24, 2.45) is 0 Å². The normalized spacial score (nSPS) is 11.7. The molecule has 0 saturated carbocycles. The van der Waals surface area contributed by atoms with Crippen LogP contribution in [0.15, 0.2) is 28.7 Å². The number of carbonyl (C=O) groups is 2. The van der Waals surface area contributed by atoms with Gasteiger partial charge in [-0.15, -0.1) is 0 Å². The Bertz CT molecular complexity index is 467. The maximum absolute atomic E-state index is 11.8. The molecule has 104 valence electrons. The van der Waals surface area contributed by atoms with Gasteiger partial charge in [-0.1, -0.05) is 34.1 Å². The van der Waals surface area contributed by atoms with E-state index in [2.05, 4.69) is 21.2 Å². The Labute approximate surface area is 119 Å². The van der Waals surface area contributed by atoms with Crippen LogP contribution in [-0.4, -0.2) is 46.8 Å². The number of urea groups is 1. The lowest BCUT2D eigenvalue weighted by atomic mass is 10.2. The van der Waals surface area contributed by atoms with Gasteiger partial charge in [0.25, 0.3) is 0 Å². The number of nitrogens with one attached hydrogen (secondary N) is 1. The summed E-state index contributed by atoms with van der Waals surface area (Å²) in [6.07, 6.45) is 0. The average Bonchev–Trinajstić information content (AvgIpc) is 2.37. The van der Waals surface area contributed by atoms with Gasteiger partial charge < -0.3 is 20.4 Å². The second-order valence-electron chi connectivity index (χ2n) is 3.97. The number of hydrogen-bond donors (Lipinski definition) is 3. The van der Waals surface area contributed by atoms with Gasteiger partial charge >= 0.3 is 12.0 Å². The highest BCUT2D eigenvalue weighted by Crippen LogP contribution is 2.17. The molecule has 3 N–H and O–H groups in total. The predicted octanol–water partition coefficient (Wildman–Crippen LogP) is 1.04. The summed E-state index contributed by atoms with van der Waals surface area (Å²) in [4.78, 5) is 23.8. The highest BCUT2D eigenvalue weighted by Gasteiger charge is 2.20. The second kappa shape index (κ2) is 7.10. The molecule has 0 bridgehead atoms. The number of amides is 2. The molecule has 0 aliphatic rings. The van der Waals surface area contributed by atoms with Crippen molar-refractivity contribution in [2.45, 2.75) is 12.6 Å². The van der Waals surface area contributed by atoms with Gasteiger partial charge in [0.05, 0.1) is 6.61 Å². The van der Waals surface area contributed by atoms with E-state index in [4.69, 9.17) is 10.2 Å². The predicted molar refractivity (Wildman–Crippen MR) is 72.7 cm³/mol. The number of rotatable bonds is 5. The Balaban J connectivity index is 2.63. The maximum atomic E-state index is 11.8. The molecule has 0 unspecified atom stereocenters.